The average Bonchev–Trinajstić information content (AvgIpc) is 3.97. The standard InChI is InChI=1S/C37H38F2N8O4S2/c1-5-46-34(30-8-7-17-50-30)42-44-36(46)52-20-32(48)40-28-14-10-23(18-26(28)38)9-12-25-13-16-31(51-25)35-43-45-37(47(35)6-2)53-21-33(49)41-29-15-11-24(22(3)4)19-27(29)39/h7-8,10-11,13-19,22H,5-6,9,12,20-21H2,1-4H3,(H,40,48)(H,41,49). The highest BCUT2D eigenvalue weighted by molar-refractivity contribution is 8.00. The number of hydrogen-bond donors (Lipinski definition) is 2. The minimum atomic E-state index is -0.540. The average molecular weight is 761 g/mol. The first-order valence-electron chi connectivity index (χ1n) is 17.1. The molecule has 2 N–H and O–H groups in total. The van der Waals surface area contributed by atoms with Gasteiger partial charge >= 0.3 is 0 Å². The highest BCUT2D eigenvalue weighted by atomic mass is 32.2. The van der Waals surface area contributed by atoms with Gasteiger partial charge in [0.25, 0.3) is 0 Å². The van der Waals surface area contributed by atoms with Crippen LogP contribution >= 0.6 is 23.5 Å². The third kappa shape index (κ3) is 9.06. The molecule has 6 aromatic rings. The number of rotatable bonds is 16. The Balaban J connectivity index is 0.995. The minimum absolute atomic E-state index is 0.0156. The number of amides is 2. The molecular formula is C37H38F2N8O4S2. The van der Waals surface area contributed by atoms with Gasteiger partial charge in [-0.1, -0.05) is 49.5 Å². The zero-order chi connectivity index (χ0) is 37.5. The van der Waals surface area contributed by atoms with Gasteiger partial charge in [0, 0.05) is 19.5 Å². The third-order valence-corrected chi connectivity index (χ3v) is 10.2. The Kier molecular flexibility index (Phi) is 12.1. The molecule has 2 aromatic carbocycles. The summed E-state index contributed by atoms with van der Waals surface area (Å²) in [7, 11) is 0. The Labute approximate surface area is 313 Å². The molecule has 2 amide bonds. The molecule has 0 saturated heterocycles. The van der Waals surface area contributed by atoms with Gasteiger partial charge in [-0.2, -0.15) is 0 Å². The molecule has 16 heteroatoms. The second kappa shape index (κ2) is 17.1. The van der Waals surface area contributed by atoms with Crippen molar-refractivity contribution in [1.29, 1.82) is 0 Å². The molecule has 12 nitrogen and oxygen atoms in total. The molecule has 4 heterocycles. The van der Waals surface area contributed by atoms with Crippen LogP contribution in [-0.4, -0.2) is 52.8 Å². The van der Waals surface area contributed by atoms with E-state index in [1.807, 2.05) is 42.9 Å². The van der Waals surface area contributed by atoms with Gasteiger partial charge in [-0.3, -0.25) is 18.7 Å². The summed E-state index contributed by atoms with van der Waals surface area (Å²) in [4.78, 5) is 25.3. The summed E-state index contributed by atoms with van der Waals surface area (Å²) < 4.78 is 44.7. The molecule has 0 aliphatic rings. The van der Waals surface area contributed by atoms with E-state index in [1.54, 1.807) is 48.7 Å². The molecule has 0 aliphatic carbocycles. The number of hydrogen-bond acceptors (Lipinski definition) is 10. The van der Waals surface area contributed by atoms with Crippen molar-refractivity contribution in [3.63, 3.8) is 0 Å². The van der Waals surface area contributed by atoms with Crippen LogP contribution in [0, 0.1) is 11.6 Å². The lowest BCUT2D eigenvalue weighted by Crippen LogP contribution is -2.15. The van der Waals surface area contributed by atoms with E-state index in [2.05, 4.69) is 31.0 Å². The van der Waals surface area contributed by atoms with E-state index in [1.165, 1.54) is 35.7 Å². The summed E-state index contributed by atoms with van der Waals surface area (Å²) in [5.74, 6) is 1.31. The summed E-state index contributed by atoms with van der Waals surface area (Å²) in [6, 6.07) is 16.7. The van der Waals surface area contributed by atoms with Gasteiger partial charge in [0.15, 0.2) is 33.5 Å². The van der Waals surface area contributed by atoms with Crippen LogP contribution in [0.4, 0.5) is 20.2 Å². The number of carbonyl (C=O) groups is 2. The SMILES string of the molecule is CCn1c(SCC(=O)Nc2ccc(CCc3ccc(-c4nnc(SCC(=O)Nc5ccc(C(C)C)cc5F)n4CC)o3)cc2F)nnc1-c1ccco1. The zero-order valence-corrected chi connectivity index (χ0v) is 31.2. The molecule has 0 unspecified atom stereocenters. The number of benzene rings is 2. The topological polar surface area (TPSA) is 146 Å². The van der Waals surface area contributed by atoms with Crippen molar-refractivity contribution >= 4 is 46.7 Å². The van der Waals surface area contributed by atoms with Crippen LogP contribution in [0.3, 0.4) is 0 Å². The van der Waals surface area contributed by atoms with Crippen LogP contribution in [-0.2, 0) is 35.5 Å². The number of carbonyl (C=O) groups excluding carboxylic acids is 2. The maximum atomic E-state index is 15.0. The van der Waals surface area contributed by atoms with E-state index in [-0.39, 0.29) is 40.6 Å². The summed E-state index contributed by atoms with van der Waals surface area (Å²) in [6.07, 6.45) is 2.55. The Morgan fingerprint density at radius 1 is 0.755 bits per heavy atom. The van der Waals surface area contributed by atoms with Crippen molar-refractivity contribution in [2.24, 2.45) is 0 Å². The molecular weight excluding hydrogens is 723 g/mol. The highest BCUT2D eigenvalue weighted by Crippen LogP contribution is 2.28. The molecule has 6 rings (SSSR count). The summed E-state index contributed by atoms with van der Waals surface area (Å²) in [5.41, 5.74) is 1.81. The van der Waals surface area contributed by atoms with Crippen molar-refractivity contribution in [1.82, 2.24) is 29.5 Å². The van der Waals surface area contributed by atoms with Gasteiger partial charge in [0.05, 0.1) is 29.1 Å². The smallest absolute Gasteiger partial charge is 0.234 e. The van der Waals surface area contributed by atoms with E-state index < -0.39 is 11.6 Å². The second-order valence-electron chi connectivity index (χ2n) is 12.2. The number of aromatic nitrogens is 6. The molecule has 276 valence electrons. The summed E-state index contributed by atoms with van der Waals surface area (Å²) >= 11 is 2.40. The van der Waals surface area contributed by atoms with E-state index in [0.29, 0.717) is 65.2 Å². The molecule has 0 fully saturated rings. The zero-order valence-electron chi connectivity index (χ0n) is 29.6. The predicted molar refractivity (Wildman–Crippen MR) is 200 cm³/mol. The van der Waals surface area contributed by atoms with Crippen LogP contribution in [0.15, 0.2) is 86.1 Å². The van der Waals surface area contributed by atoms with Gasteiger partial charge in [-0.15, -0.1) is 20.4 Å². The maximum absolute atomic E-state index is 15.0. The van der Waals surface area contributed by atoms with Crippen LogP contribution < -0.4 is 10.6 Å². The van der Waals surface area contributed by atoms with Crippen LogP contribution in [0.2, 0.25) is 0 Å². The Bertz CT molecular complexity index is 2200. The number of anilines is 2. The van der Waals surface area contributed by atoms with Gasteiger partial charge in [-0.05, 0) is 85.8 Å². The number of halogens is 2. The first-order valence-corrected chi connectivity index (χ1v) is 19.0. The van der Waals surface area contributed by atoms with Crippen LogP contribution in [0.25, 0.3) is 23.2 Å². The lowest BCUT2D eigenvalue weighted by atomic mass is 10.0. The first kappa shape index (κ1) is 37.5. The number of furan rings is 2. The van der Waals surface area contributed by atoms with Gasteiger partial charge in [0.2, 0.25) is 11.8 Å². The fraction of sp³-hybridized carbons (Fsp3) is 0.297. The number of nitrogens with one attached hydrogen (secondary N) is 2. The predicted octanol–water partition coefficient (Wildman–Crippen LogP) is 8.08. The molecule has 0 aliphatic heterocycles. The summed E-state index contributed by atoms with van der Waals surface area (Å²) in [5, 5.41) is 23.3. The quantitative estimate of drug-likeness (QED) is 0.0929. The van der Waals surface area contributed by atoms with Crippen molar-refractivity contribution < 1.29 is 27.2 Å². The molecule has 0 spiro atoms. The lowest BCUT2D eigenvalue weighted by molar-refractivity contribution is -0.114. The first-order chi connectivity index (χ1) is 25.6. The maximum Gasteiger partial charge on any atom is 0.234 e. The summed E-state index contributed by atoms with van der Waals surface area (Å²) in [6.45, 7) is 8.95. The van der Waals surface area contributed by atoms with E-state index in [0.717, 1.165) is 11.1 Å². The van der Waals surface area contributed by atoms with Crippen molar-refractivity contribution in [3.05, 3.63) is 95.4 Å². The van der Waals surface area contributed by atoms with Crippen molar-refractivity contribution in [3.8, 4) is 23.2 Å². The molecule has 0 atom stereocenters. The van der Waals surface area contributed by atoms with Gasteiger partial charge in [0.1, 0.15) is 17.4 Å². The van der Waals surface area contributed by atoms with Crippen LogP contribution in [0.5, 0.6) is 0 Å². The number of aryl methyl sites for hydroxylation is 2. The number of nitrogens with zero attached hydrogens (tertiary/aromatic N) is 6. The third-order valence-electron chi connectivity index (χ3n) is 8.26. The Hall–Kier alpha value is -5.22. The van der Waals surface area contributed by atoms with Gasteiger partial charge in [-0.25, -0.2) is 8.78 Å². The molecule has 4 aromatic heterocycles. The van der Waals surface area contributed by atoms with Crippen molar-refractivity contribution in [2.45, 2.75) is 69.9 Å². The Morgan fingerprint density at radius 3 is 1.91 bits per heavy atom. The Morgan fingerprint density at radius 2 is 1.36 bits per heavy atom. The highest BCUT2D eigenvalue weighted by Gasteiger charge is 2.20. The normalized spacial score (nSPS) is 11.4. The van der Waals surface area contributed by atoms with Crippen LogP contribution in [0.1, 0.15) is 50.5 Å². The molecule has 0 bridgehead atoms. The monoisotopic (exact) mass is 760 g/mol. The molecule has 0 saturated carbocycles. The fourth-order valence-electron chi connectivity index (χ4n) is 5.47. The molecule has 53 heavy (non-hydrogen) atoms. The van der Waals surface area contributed by atoms with Crippen molar-refractivity contribution in [2.75, 3.05) is 22.1 Å². The molecule has 0 radical (unpaired) electrons. The minimum Gasteiger partial charge on any atom is -0.461 e. The number of thioether (sulfide) groups is 2. The van der Waals surface area contributed by atoms with E-state index >= 15 is 4.39 Å². The van der Waals surface area contributed by atoms with E-state index in [9.17, 15) is 14.0 Å². The second-order valence-corrected chi connectivity index (χ2v) is 14.1. The fourth-order valence-corrected chi connectivity index (χ4v) is 7.08. The van der Waals surface area contributed by atoms with Gasteiger partial charge < -0.3 is 19.5 Å². The largest absolute Gasteiger partial charge is 0.461 e. The lowest BCUT2D eigenvalue weighted by Gasteiger charge is -2.10. The van der Waals surface area contributed by atoms with E-state index in [4.69, 9.17) is 8.83 Å².